The van der Waals surface area contributed by atoms with Crippen LogP contribution in [0.5, 0.6) is 5.75 Å². The van der Waals surface area contributed by atoms with Crippen molar-refractivity contribution in [2.75, 3.05) is 20.3 Å². The molecule has 0 aliphatic heterocycles. The Morgan fingerprint density at radius 3 is 2.20 bits per heavy atom. The highest BCUT2D eigenvalue weighted by Gasteiger charge is 2.70. The molecule has 0 aromatic heterocycles. The molecule has 1 saturated carbocycles. The predicted molar refractivity (Wildman–Crippen MR) is 96.5 cm³/mol. The van der Waals surface area contributed by atoms with Gasteiger partial charge in [-0.3, -0.25) is 0 Å². The molecule has 3 rings (SSSR count). The number of ether oxygens (including phenoxy) is 1. The molecule has 6 heteroatoms. The van der Waals surface area contributed by atoms with Crippen LogP contribution in [0.25, 0.3) is 0 Å². The van der Waals surface area contributed by atoms with E-state index in [0.717, 1.165) is 11.1 Å². The van der Waals surface area contributed by atoms with E-state index in [-0.39, 0.29) is 24.0 Å². The monoisotopic (exact) mass is 361 g/mol. The van der Waals surface area contributed by atoms with Crippen molar-refractivity contribution in [2.24, 2.45) is 11.1 Å². The Morgan fingerprint density at radius 2 is 1.72 bits per heavy atom. The molecule has 0 saturated heterocycles. The average molecular weight is 361 g/mol. The van der Waals surface area contributed by atoms with Crippen LogP contribution in [-0.4, -0.2) is 39.0 Å². The van der Waals surface area contributed by atoms with E-state index < -0.39 is 20.5 Å². The van der Waals surface area contributed by atoms with Crippen molar-refractivity contribution in [3.8, 4) is 5.75 Å². The Labute approximate surface area is 148 Å². The van der Waals surface area contributed by atoms with Gasteiger partial charge in [0.2, 0.25) is 0 Å². The van der Waals surface area contributed by atoms with E-state index in [9.17, 15) is 13.5 Å². The topological polar surface area (TPSA) is 89.6 Å². The standard InChI is InChI=1S/C19H23NO4S/c1-13-3-9-16(10-4-13)25(22,23)18-17(19(18,11-20)12-21)14-5-7-15(24-2)8-6-14/h3-10,17-18,21H,11-12,20H2,1-2H3/t17-,18+,19-/m1/s1. The van der Waals surface area contributed by atoms with Gasteiger partial charge in [0, 0.05) is 17.9 Å². The van der Waals surface area contributed by atoms with Crippen LogP contribution in [0.4, 0.5) is 0 Å². The van der Waals surface area contributed by atoms with E-state index in [1.807, 2.05) is 19.1 Å². The summed E-state index contributed by atoms with van der Waals surface area (Å²) < 4.78 is 31.5. The van der Waals surface area contributed by atoms with Crippen molar-refractivity contribution in [1.29, 1.82) is 0 Å². The summed E-state index contributed by atoms with van der Waals surface area (Å²) in [6, 6.07) is 14.1. The molecule has 1 aliphatic rings. The third-order valence-corrected chi connectivity index (χ3v) is 7.55. The van der Waals surface area contributed by atoms with Crippen molar-refractivity contribution in [1.82, 2.24) is 0 Å². The van der Waals surface area contributed by atoms with Gasteiger partial charge in [0.15, 0.2) is 9.84 Å². The van der Waals surface area contributed by atoms with E-state index >= 15 is 0 Å². The highest BCUT2D eigenvalue weighted by molar-refractivity contribution is 7.92. The minimum Gasteiger partial charge on any atom is -0.497 e. The maximum absolute atomic E-state index is 13.2. The summed E-state index contributed by atoms with van der Waals surface area (Å²) in [6.45, 7) is 1.75. The number of aryl methyl sites for hydroxylation is 1. The van der Waals surface area contributed by atoms with Crippen molar-refractivity contribution < 1.29 is 18.3 Å². The van der Waals surface area contributed by atoms with Crippen LogP contribution in [0, 0.1) is 12.3 Å². The van der Waals surface area contributed by atoms with Crippen LogP contribution < -0.4 is 10.5 Å². The first kappa shape index (κ1) is 17.9. The van der Waals surface area contributed by atoms with Crippen molar-refractivity contribution >= 4 is 9.84 Å². The number of nitrogens with two attached hydrogens (primary N) is 1. The lowest BCUT2D eigenvalue weighted by molar-refractivity contribution is 0.212. The molecule has 134 valence electrons. The van der Waals surface area contributed by atoms with Gasteiger partial charge in [0.25, 0.3) is 0 Å². The van der Waals surface area contributed by atoms with Gasteiger partial charge in [-0.25, -0.2) is 8.42 Å². The Morgan fingerprint density at radius 1 is 1.12 bits per heavy atom. The molecule has 1 fully saturated rings. The summed E-state index contributed by atoms with van der Waals surface area (Å²) in [6.07, 6.45) is 0. The summed E-state index contributed by atoms with van der Waals surface area (Å²) >= 11 is 0. The predicted octanol–water partition coefficient (Wildman–Crippen LogP) is 1.88. The van der Waals surface area contributed by atoms with Gasteiger partial charge in [0.05, 0.1) is 23.9 Å². The van der Waals surface area contributed by atoms with Crippen LogP contribution >= 0.6 is 0 Å². The van der Waals surface area contributed by atoms with E-state index in [1.165, 1.54) is 0 Å². The smallest absolute Gasteiger partial charge is 0.182 e. The third-order valence-electron chi connectivity index (χ3n) is 5.21. The van der Waals surface area contributed by atoms with Gasteiger partial charge in [-0.2, -0.15) is 0 Å². The molecule has 3 N–H and O–H groups in total. The van der Waals surface area contributed by atoms with Gasteiger partial charge in [-0.05, 0) is 36.8 Å². The number of aliphatic hydroxyl groups is 1. The van der Waals surface area contributed by atoms with Crippen LogP contribution in [0.2, 0.25) is 0 Å². The lowest BCUT2D eigenvalue weighted by Crippen LogP contribution is -2.27. The summed E-state index contributed by atoms with van der Waals surface area (Å²) in [5.74, 6) is 0.365. The fourth-order valence-corrected chi connectivity index (χ4v) is 6.08. The molecule has 0 radical (unpaired) electrons. The quantitative estimate of drug-likeness (QED) is 0.820. The summed E-state index contributed by atoms with van der Waals surface area (Å²) in [5, 5.41) is 9.21. The molecule has 3 atom stereocenters. The minimum atomic E-state index is -3.60. The van der Waals surface area contributed by atoms with E-state index in [0.29, 0.717) is 5.75 Å². The van der Waals surface area contributed by atoms with Crippen LogP contribution in [-0.2, 0) is 9.84 Å². The molecule has 1 aliphatic carbocycles. The van der Waals surface area contributed by atoms with Gasteiger partial charge in [-0.1, -0.05) is 29.8 Å². The molecule has 0 heterocycles. The zero-order chi connectivity index (χ0) is 18.2. The fourth-order valence-electron chi connectivity index (χ4n) is 3.63. The van der Waals surface area contributed by atoms with Crippen LogP contribution in [0.1, 0.15) is 17.0 Å². The third kappa shape index (κ3) is 2.84. The van der Waals surface area contributed by atoms with Gasteiger partial charge in [0.1, 0.15) is 5.75 Å². The molecule has 25 heavy (non-hydrogen) atoms. The Balaban J connectivity index is 2.02. The second kappa shape index (κ2) is 6.44. The van der Waals surface area contributed by atoms with E-state index in [1.54, 1.807) is 43.5 Å². The number of methoxy groups -OCH3 is 1. The molecule has 0 unspecified atom stereocenters. The second-order valence-corrected chi connectivity index (χ2v) is 8.69. The number of rotatable bonds is 6. The zero-order valence-corrected chi connectivity index (χ0v) is 15.2. The summed E-state index contributed by atoms with van der Waals surface area (Å²) in [5.41, 5.74) is 6.90. The number of hydrogen-bond acceptors (Lipinski definition) is 5. The summed E-state index contributed by atoms with van der Waals surface area (Å²) in [7, 11) is -2.02. The number of aliphatic hydroxyl groups excluding tert-OH is 1. The average Bonchev–Trinajstić information content (AvgIpc) is 3.33. The second-order valence-electron chi connectivity index (χ2n) is 6.62. The number of sulfone groups is 1. The Hall–Kier alpha value is -1.89. The summed E-state index contributed by atoms with van der Waals surface area (Å²) in [4.78, 5) is 0.269. The Bertz CT molecular complexity index is 840. The fraction of sp³-hybridized carbons (Fsp3) is 0.368. The van der Waals surface area contributed by atoms with Crippen LogP contribution in [0.15, 0.2) is 53.4 Å². The molecule has 5 nitrogen and oxygen atoms in total. The maximum atomic E-state index is 13.2. The SMILES string of the molecule is COc1ccc([C@@H]2[C@H](S(=O)(=O)c3ccc(C)cc3)[C@]2(CN)CO)cc1. The van der Waals surface area contributed by atoms with Gasteiger partial charge >= 0.3 is 0 Å². The normalized spacial score (nSPS) is 25.6. The highest BCUT2D eigenvalue weighted by Crippen LogP contribution is 2.63. The molecular weight excluding hydrogens is 338 g/mol. The molecule has 0 spiro atoms. The van der Waals surface area contributed by atoms with E-state index in [4.69, 9.17) is 10.5 Å². The van der Waals surface area contributed by atoms with Crippen molar-refractivity contribution in [3.63, 3.8) is 0 Å². The highest BCUT2D eigenvalue weighted by atomic mass is 32.2. The lowest BCUT2D eigenvalue weighted by Gasteiger charge is -2.12. The first-order chi connectivity index (χ1) is 11.9. The molecular formula is C19H23NO4S. The first-order valence-corrected chi connectivity index (χ1v) is 9.71. The molecule has 0 amide bonds. The van der Waals surface area contributed by atoms with Crippen LogP contribution in [0.3, 0.4) is 0 Å². The van der Waals surface area contributed by atoms with Gasteiger partial charge < -0.3 is 15.6 Å². The lowest BCUT2D eigenvalue weighted by atomic mass is 10.00. The zero-order valence-electron chi connectivity index (χ0n) is 14.3. The number of hydrogen-bond donors (Lipinski definition) is 2. The van der Waals surface area contributed by atoms with Gasteiger partial charge in [-0.15, -0.1) is 0 Å². The molecule has 0 bridgehead atoms. The van der Waals surface area contributed by atoms with Crippen molar-refractivity contribution in [3.05, 3.63) is 59.7 Å². The molecule has 2 aromatic carbocycles. The maximum Gasteiger partial charge on any atom is 0.182 e. The minimum absolute atomic E-state index is 0.107. The number of benzene rings is 2. The molecule has 2 aromatic rings. The van der Waals surface area contributed by atoms with E-state index in [2.05, 4.69) is 0 Å². The Kier molecular flexibility index (Phi) is 4.62. The van der Waals surface area contributed by atoms with Crippen molar-refractivity contribution in [2.45, 2.75) is 23.0 Å². The largest absolute Gasteiger partial charge is 0.497 e. The first-order valence-electron chi connectivity index (χ1n) is 8.16.